The molecule has 2 amide bonds. The number of aromatic nitrogens is 1. The third-order valence-electron chi connectivity index (χ3n) is 5.90. The van der Waals surface area contributed by atoms with Crippen molar-refractivity contribution in [1.82, 2.24) is 15.2 Å². The molecule has 1 aliphatic heterocycles. The fraction of sp³-hybridized carbons (Fsp3) is 0.385. The highest BCUT2D eigenvalue weighted by Gasteiger charge is 2.24. The van der Waals surface area contributed by atoms with E-state index >= 15 is 0 Å². The molecule has 2 heterocycles. The van der Waals surface area contributed by atoms with Crippen molar-refractivity contribution in [2.75, 3.05) is 19.6 Å². The van der Waals surface area contributed by atoms with Crippen molar-refractivity contribution in [3.05, 3.63) is 60.3 Å². The maximum atomic E-state index is 12.2. The lowest BCUT2D eigenvalue weighted by Crippen LogP contribution is -2.47. The fourth-order valence-corrected chi connectivity index (χ4v) is 4.06. The average molecular weight is 418 g/mol. The highest BCUT2D eigenvalue weighted by Crippen LogP contribution is 2.30. The number of urea groups is 1. The standard InChI is InChI=1S/C26H31N3O2/c1-18(2)16-28-26(30)29-14-12-22(13-15-29)31-21-10-8-20(9-11-21)24-17-27-25-7-5-4-6-23(25)19(24)3/h4-11,17-18,22H,12-16H2,1-3H3,(H,28,30). The van der Waals surface area contributed by atoms with E-state index in [2.05, 4.69) is 55.3 Å². The first-order valence-electron chi connectivity index (χ1n) is 11.2. The Morgan fingerprint density at radius 2 is 1.84 bits per heavy atom. The third-order valence-corrected chi connectivity index (χ3v) is 5.90. The summed E-state index contributed by atoms with van der Waals surface area (Å²) >= 11 is 0. The van der Waals surface area contributed by atoms with Crippen LogP contribution in [0.1, 0.15) is 32.3 Å². The molecule has 5 heteroatoms. The lowest BCUT2D eigenvalue weighted by Gasteiger charge is -2.32. The van der Waals surface area contributed by atoms with Crippen LogP contribution in [0.15, 0.2) is 54.7 Å². The van der Waals surface area contributed by atoms with Crippen LogP contribution in [0.5, 0.6) is 5.75 Å². The zero-order valence-corrected chi connectivity index (χ0v) is 18.6. The van der Waals surface area contributed by atoms with E-state index in [-0.39, 0.29) is 12.1 Å². The van der Waals surface area contributed by atoms with E-state index in [1.807, 2.05) is 35.4 Å². The number of fused-ring (bicyclic) bond motifs is 1. The van der Waals surface area contributed by atoms with Gasteiger partial charge >= 0.3 is 6.03 Å². The second kappa shape index (κ2) is 9.38. The minimum atomic E-state index is 0.0378. The summed E-state index contributed by atoms with van der Waals surface area (Å²) < 4.78 is 6.20. The number of likely N-dealkylation sites (tertiary alicyclic amines) is 1. The molecule has 1 aromatic heterocycles. The van der Waals surface area contributed by atoms with Crippen LogP contribution in [0.2, 0.25) is 0 Å². The Morgan fingerprint density at radius 1 is 1.13 bits per heavy atom. The average Bonchev–Trinajstić information content (AvgIpc) is 2.79. The molecule has 0 unspecified atom stereocenters. The van der Waals surface area contributed by atoms with Crippen molar-refractivity contribution in [3.63, 3.8) is 0 Å². The topological polar surface area (TPSA) is 54.5 Å². The SMILES string of the molecule is Cc1c(-c2ccc(OC3CCN(C(=O)NCC(C)C)CC3)cc2)cnc2ccccc12. The zero-order chi connectivity index (χ0) is 21.8. The second-order valence-corrected chi connectivity index (χ2v) is 8.72. The molecule has 0 bridgehead atoms. The molecule has 1 N–H and O–H groups in total. The molecule has 0 spiro atoms. The van der Waals surface area contributed by atoms with Crippen LogP contribution in [0.4, 0.5) is 4.79 Å². The molecule has 5 nitrogen and oxygen atoms in total. The van der Waals surface area contributed by atoms with Crippen molar-refractivity contribution >= 4 is 16.9 Å². The van der Waals surface area contributed by atoms with Crippen LogP contribution in [-0.2, 0) is 0 Å². The number of pyridine rings is 1. The summed E-state index contributed by atoms with van der Waals surface area (Å²) in [6.07, 6.45) is 3.80. The number of nitrogens with one attached hydrogen (secondary N) is 1. The molecule has 1 saturated heterocycles. The molecule has 1 fully saturated rings. The van der Waals surface area contributed by atoms with Gasteiger partial charge in [-0.2, -0.15) is 0 Å². The van der Waals surface area contributed by atoms with Gasteiger partial charge in [0, 0.05) is 49.6 Å². The summed E-state index contributed by atoms with van der Waals surface area (Å²) in [5.74, 6) is 1.33. The number of benzene rings is 2. The molecule has 3 aromatic rings. The number of para-hydroxylation sites is 1. The predicted octanol–water partition coefficient (Wildman–Crippen LogP) is 5.42. The van der Waals surface area contributed by atoms with E-state index < -0.39 is 0 Å². The van der Waals surface area contributed by atoms with Gasteiger partial charge in [0.1, 0.15) is 11.9 Å². The summed E-state index contributed by atoms with van der Waals surface area (Å²) in [6.45, 7) is 8.53. The first kappa shape index (κ1) is 21.2. The maximum absolute atomic E-state index is 12.2. The van der Waals surface area contributed by atoms with Crippen LogP contribution in [0.25, 0.3) is 22.0 Å². The molecule has 0 radical (unpaired) electrons. The van der Waals surface area contributed by atoms with E-state index in [1.165, 1.54) is 10.9 Å². The number of hydrogen-bond donors (Lipinski definition) is 1. The Bertz CT molecular complexity index is 1040. The number of ether oxygens (including phenoxy) is 1. The van der Waals surface area contributed by atoms with Crippen molar-refractivity contribution < 1.29 is 9.53 Å². The van der Waals surface area contributed by atoms with Gasteiger partial charge in [0.2, 0.25) is 0 Å². The third kappa shape index (κ3) is 4.98. The number of amides is 2. The molecule has 31 heavy (non-hydrogen) atoms. The summed E-state index contributed by atoms with van der Waals surface area (Å²) in [6, 6.07) is 16.5. The maximum Gasteiger partial charge on any atom is 0.317 e. The highest BCUT2D eigenvalue weighted by molar-refractivity contribution is 5.88. The summed E-state index contributed by atoms with van der Waals surface area (Å²) in [4.78, 5) is 18.7. The number of aryl methyl sites for hydroxylation is 1. The number of hydrogen-bond acceptors (Lipinski definition) is 3. The van der Waals surface area contributed by atoms with Gasteiger partial charge in [0.05, 0.1) is 5.52 Å². The molecule has 4 rings (SSSR count). The van der Waals surface area contributed by atoms with Crippen molar-refractivity contribution in [1.29, 1.82) is 0 Å². The molecule has 162 valence electrons. The van der Waals surface area contributed by atoms with Gasteiger partial charge in [0.25, 0.3) is 0 Å². The lowest BCUT2D eigenvalue weighted by atomic mass is 9.99. The normalized spacial score (nSPS) is 14.8. The van der Waals surface area contributed by atoms with E-state index in [0.29, 0.717) is 12.5 Å². The van der Waals surface area contributed by atoms with Crippen molar-refractivity contribution in [2.24, 2.45) is 5.92 Å². The Kier molecular flexibility index (Phi) is 6.40. The van der Waals surface area contributed by atoms with Gasteiger partial charge in [0.15, 0.2) is 0 Å². The quantitative estimate of drug-likeness (QED) is 0.603. The Morgan fingerprint density at radius 3 is 2.55 bits per heavy atom. The van der Waals surface area contributed by atoms with Gasteiger partial charge in [-0.05, 0) is 42.2 Å². The van der Waals surface area contributed by atoms with Gasteiger partial charge in [-0.25, -0.2) is 4.79 Å². The van der Waals surface area contributed by atoms with Crippen LogP contribution in [0, 0.1) is 12.8 Å². The summed E-state index contributed by atoms with van der Waals surface area (Å²) in [5.41, 5.74) is 4.54. The van der Waals surface area contributed by atoms with Crippen LogP contribution in [-0.4, -0.2) is 41.7 Å². The monoisotopic (exact) mass is 417 g/mol. The predicted molar refractivity (Wildman–Crippen MR) is 125 cm³/mol. The highest BCUT2D eigenvalue weighted by atomic mass is 16.5. The Labute approximate surface area is 184 Å². The largest absolute Gasteiger partial charge is 0.490 e. The molecule has 0 atom stereocenters. The summed E-state index contributed by atoms with van der Waals surface area (Å²) in [5, 5.41) is 4.18. The first-order valence-corrected chi connectivity index (χ1v) is 11.2. The second-order valence-electron chi connectivity index (χ2n) is 8.72. The lowest BCUT2D eigenvalue weighted by molar-refractivity contribution is 0.111. The van der Waals surface area contributed by atoms with Crippen molar-refractivity contribution in [2.45, 2.75) is 39.7 Å². The molecule has 0 saturated carbocycles. The molecular formula is C26H31N3O2. The van der Waals surface area contributed by atoms with Crippen LogP contribution < -0.4 is 10.1 Å². The zero-order valence-electron chi connectivity index (χ0n) is 18.6. The fourth-order valence-electron chi connectivity index (χ4n) is 4.06. The Balaban J connectivity index is 1.36. The molecule has 1 aliphatic rings. The molecule has 2 aromatic carbocycles. The Hall–Kier alpha value is -3.08. The number of rotatable bonds is 5. The van der Waals surface area contributed by atoms with Crippen molar-refractivity contribution in [3.8, 4) is 16.9 Å². The molecular weight excluding hydrogens is 386 g/mol. The molecule has 0 aliphatic carbocycles. The van der Waals surface area contributed by atoms with Crippen LogP contribution in [0.3, 0.4) is 0 Å². The van der Waals surface area contributed by atoms with E-state index in [0.717, 1.165) is 48.3 Å². The van der Waals surface area contributed by atoms with Crippen LogP contribution >= 0.6 is 0 Å². The smallest absolute Gasteiger partial charge is 0.317 e. The minimum Gasteiger partial charge on any atom is -0.490 e. The van der Waals surface area contributed by atoms with E-state index in [1.54, 1.807) is 0 Å². The number of carbonyl (C=O) groups is 1. The first-order chi connectivity index (χ1) is 15.0. The number of nitrogens with zero attached hydrogens (tertiary/aromatic N) is 2. The van der Waals surface area contributed by atoms with Gasteiger partial charge in [-0.1, -0.05) is 44.2 Å². The van der Waals surface area contributed by atoms with E-state index in [4.69, 9.17) is 4.74 Å². The minimum absolute atomic E-state index is 0.0378. The van der Waals surface area contributed by atoms with Gasteiger partial charge in [-0.3, -0.25) is 4.98 Å². The van der Waals surface area contributed by atoms with Gasteiger partial charge in [-0.15, -0.1) is 0 Å². The number of piperidine rings is 1. The van der Waals surface area contributed by atoms with Gasteiger partial charge < -0.3 is 15.0 Å². The van der Waals surface area contributed by atoms with E-state index in [9.17, 15) is 4.79 Å². The number of carbonyl (C=O) groups excluding carboxylic acids is 1. The summed E-state index contributed by atoms with van der Waals surface area (Å²) in [7, 11) is 0.